The molecule has 0 heterocycles. The lowest BCUT2D eigenvalue weighted by atomic mass is 10.3. The molecule has 3 nitrogen and oxygen atoms in total. The van der Waals surface area contributed by atoms with E-state index in [1.807, 2.05) is 0 Å². The molecule has 1 aromatic carbocycles. The topological polar surface area (TPSA) is 44.5 Å². The van der Waals surface area contributed by atoms with Crippen LogP contribution >= 0.6 is 0 Å². The monoisotopic (exact) mass is 263 g/mol. The van der Waals surface area contributed by atoms with Gasteiger partial charge in [0.15, 0.2) is 6.10 Å². The summed E-state index contributed by atoms with van der Waals surface area (Å²) in [7, 11) is 0. The molecule has 0 amide bonds. The van der Waals surface area contributed by atoms with E-state index < -0.39 is 12.3 Å². The molecular weight excluding hydrogens is 247 g/mol. The van der Waals surface area contributed by atoms with Crippen LogP contribution in [0.3, 0.4) is 0 Å². The summed E-state index contributed by atoms with van der Waals surface area (Å²) in [6.45, 7) is 1.27. The quantitative estimate of drug-likeness (QED) is 0.634. The van der Waals surface area contributed by atoms with Crippen LogP contribution in [-0.2, 0) is 4.74 Å². The van der Waals surface area contributed by atoms with Crippen LogP contribution in [0, 0.1) is 0 Å². The summed E-state index contributed by atoms with van der Waals surface area (Å²) in [4.78, 5) is 0. The molecule has 1 rings (SSSR count). The van der Waals surface area contributed by atoms with Gasteiger partial charge in [-0.1, -0.05) is 6.07 Å². The predicted octanol–water partition coefficient (Wildman–Crippen LogP) is 3.01. The maximum atomic E-state index is 12.1. The van der Waals surface area contributed by atoms with Gasteiger partial charge in [0.25, 0.3) is 0 Å². The van der Waals surface area contributed by atoms with E-state index in [1.165, 1.54) is 0 Å². The number of hydrogen-bond acceptors (Lipinski definition) is 3. The van der Waals surface area contributed by atoms with E-state index in [2.05, 4.69) is 4.74 Å². The van der Waals surface area contributed by atoms with Gasteiger partial charge in [-0.05, 0) is 19.1 Å². The highest BCUT2D eigenvalue weighted by molar-refractivity contribution is 5.43. The minimum absolute atomic E-state index is 0.00297. The third kappa shape index (κ3) is 5.27. The van der Waals surface area contributed by atoms with Crippen molar-refractivity contribution in [3.8, 4) is 5.75 Å². The zero-order valence-corrected chi connectivity index (χ0v) is 10.0. The Labute approximate surface area is 104 Å². The molecule has 0 aromatic heterocycles. The van der Waals surface area contributed by atoms with Crippen LogP contribution in [0.5, 0.6) is 5.75 Å². The van der Waals surface area contributed by atoms with Crippen molar-refractivity contribution in [3.63, 3.8) is 0 Å². The van der Waals surface area contributed by atoms with Gasteiger partial charge in [-0.25, -0.2) is 0 Å². The van der Waals surface area contributed by atoms with Crippen molar-refractivity contribution < 1.29 is 22.6 Å². The molecule has 0 saturated carbocycles. The maximum Gasteiger partial charge on any atom is 0.414 e. The SMILES string of the molecule is CC(OCCCOc1cccc(N)c1)C(F)(F)F. The van der Waals surface area contributed by atoms with Crippen LogP contribution in [0.25, 0.3) is 0 Å². The van der Waals surface area contributed by atoms with Crippen molar-refractivity contribution in [1.29, 1.82) is 0 Å². The van der Waals surface area contributed by atoms with Crippen LogP contribution in [0.2, 0.25) is 0 Å². The predicted molar refractivity (Wildman–Crippen MR) is 62.4 cm³/mol. The summed E-state index contributed by atoms with van der Waals surface area (Å²) in [5.41, 5.74) is 6.13. The van der Waals surface area contributed by atoms with E-state index >= 15 is 0 Å². The van der Waals surface area contributed by atoms with Crippen LogP contribution in [-0.4, -0.2) is 25.5 Å². The van der Waals surface area contributed by atoms with Crippen LogP contribution in [0.1, 0.15) is 13.3 Å². The number of ether oxygens (including phenoxy) is 2. The lowest BCUT2D eigenvalue weighted by Gasteiger charge is -2.16. The summed E-state index contributed by atoms with van der Waals surface area (Å²) in [5.74, 6) is 0.596. The van der Waals surface area contributed by atoms with E-state index in [0.717, 1.165) is 6.92 Å². The highest BCUT2D eigenvalue weighted by Crippen LogP contribution is 2.22. The zero-order valence-electron chi connectivity index (χ0n) is 10.0. The number of nitrogens with two attached hydrogens (primary N) is 1. The van der Waals surface area contributed by atoms with Gasteiger partial charge in [0.05, 0.1) is 13.2 Å². The van der Waals surface area contributed by atoms with Gasteiger partial charge < -0.3 is 15.2 Å². The molecule has 1 unspecified atom stereocenters. The van der Waals surface area contributed by atoms with Crippen LogP contribution in [0.4, 0.5) is 18.9 Å². The fourth-order valence-corrected chi connectivity index (χ4v) is 1.21. The number of rotatable bonds is 6. The Morgan fingerprint density at radius 3 is 2.61 bits per heavy atom. The Hall–Kier alpha value is -1.43. The molecule has 2 N–H and O–H groups in total. The largest absolute Gasteiger partial charge is 0.493 e. The number of nitrogen functional groups attached to an aromatic ring is 1. The lowest BCUT2D eigenvalue weighted by molar-refractivity contribution is -0.214. The summed E-state index contributed by atoms with van der Waals surface area (Å²) in [6.07, 6.45) is -5.67. The van der Waals surface area contributed by atoms with Crippen molar-refractivity contribution in [2.24, 2.45) is 0 Å². The first kappa shape index (κ1) is 14.6. The molecule has 0 bridgehead atoms. The average molecular weight is 263 g/mol. The first-order valence-corrected chi connectivity index (χ1v) is 5.56. The molecule has 0 fully saturated rings. The first-order chi connectivity index (χ1) is 8.39. The van der Waals surface area contributed by atoms with Gasteiger partial charge in [0.2, 0.25) is 0 Å². The molecule has 102 valence electrons. The molecule has 18 heavy (non-hydrogen) atoms. The van der Waals surface area contributed by atoms with E-state index in [9.17, 15) is 13.2 Å². The second-order valence-corrected chi connectivity index (χ2v) is 3.83. The number of alkyl halides is 3. The number of anilines is 1. The summed E-state index contributed by atoms with van der Waals surface area (Å²) in [5, 5.41) is 0. The smallest absolute Gasteiger partial charge is 0.414 e. The Balaban J connectivity index is 2.16. The van der Waals surface area contributed by atoms with Gasteiger partial charge >= 0.3 is 6.18 Å². The third-order valence-corrected chi connectivity index (χ3v) is 2.24. The Kier molecular flexibility index (Phi) is 5.27. The minimum Gasteiger partial charge on any atom is -0.493 e. The van der Waals surface area contributed by atoms with Gasteiger partial charge in [0, 0.05) is 18.2 Å². The maximum absolute atomic E-state index is 12.1. The lowest BCUT2D eigenvalue weighted by Crippen LogP contribution is -2.29. The van der Waals surface area contributed by atoms with Crippen LogP contribution in [0.15, 0.2) is 24.3 Å². The summed E-state index contributed by atoms with van der Waals surface area (Å²) in [6, 6.07) is 6.85. The minimum atomic E-state index is -4.31. The molecule has 1 aromatic rings. The highest BCUT2D eigenvalue weighted by Gasteiger charge is 2.36. The Morgan fingerprint density at radius 2 is 2.00 bits per heavy atom. The second-order valence-electron chi connectivity index (χ2n) is 3.83. The molecule has 6 heteroatoms. The van der Waals surface area contributed by atoms with Crippen molar-refractivity contribution in [2.45, 2.75) is 25.6 Å². The second kappa shape index (κ2) is 6.49. The number of halogens is 3. The summed E-state index contributed by atoms with van der Waals surface area (Å²) >= 11 is 0. The molecule has 0 spiro atoms. The zero-order chi connectivity index (χ0) is 13.6. The number of hydrogen-bond donors (Lipinski definition) is 1. The van der Waals surface area contributed by atoms with E-state index in [-0.39, 0.29) is 13.2 Å². The average Bonchev–Trinajstić information content (AvgIpc) is 2.27. The normalized spacial score (nSPS) is 13.3. The van der Waals surface area contributed by atoms with E-state index in [1.54, 1.807) is 24.3 Å². The van der Waals surface area contributed by atoms with Gasteiger partial charge in [-0.2, -0.15) is 13.2 Å². The Bertz CT molecular complexity index is 369. The van der Waals surface area contributed by atoms with E-state index in [4.69, 9.17) is 10.5 Å². The number of benzene rings is 1. The standard InChI is InChI=1S/C12H16F3NO2/c1-9(12(13,14)15)17-6-3-7-18-11-5-2-4-10(16)8-11/h2,4-5,8-9H,3,6-7,16H2,1H3. The molecule has 0 saturated heterocycles. The molecule has 0 aliphatic rings. The van der Waals surface area contributed by atoms with Crippen LogP contribution < -0.4 is 10.5 Å². The molecule has 1 atom stereocenters. The first-order valence-electron chi connectivity index (χ1n) is 5.56. The Morgan fingerprint density at radius 1 is 1.28 bits per heavy atom. The van der Waals surface area contributed by atoms with Gasteiger partial charge in [-0.3, -0.25) is 0 Å². The summed E-state index contributed by atoms with van der Waals surface area (Å²) < 4.78 is 46.2. The fraction of sp³-hybridized carbons (Fsp3) is 0.500. The van der Waals surface area contributed by atoms with Gasteiger partial charge in [0.1, 0.15) is 5.75 Å². The third-order valence-electron chi connectivity index (χ3n) is 2.24. The fourth-order valence-electron chi connectivity index (χ4n) is 1.21. The highest BCUT2D eigenvalue weighted by atomic mass is 19.4. The van der Waals surface area contributed by atoms with Crippen molar-refractivity contribution >= 4 is 5.69 Å². The van der Waals surface area contributed by atoms with E-state index in [0.29, 0.717) is 17.9 Å². The molecule has 0 aliphatic heterocycles. The van der Waals surface area contributed by atoms with Crippen molar-refractivity contribution in [3.05, 3.63) is 24.3 Å². The molecular formula is C12H16F3NO2. The molecule has 0 radical (unpaired) electrons. The van der Waals surface area contributed by atoms with Crippen molar-refractivity contribution in [1.82, 2.24) is 0 Å². The molecule has 0 aliphatic carbocycles. The van der Waals surface area contributed by atoms with Crippen molar-refractivity contribution in [2.75, 3.05) is 18.9 Å². The van der Waals surface area contributed by atoms with Gasteiger partial charge in [-0.15, -0.1) is 0 Å².